The number of nitro benzene ring substituents is 1. The van der Waals surface area contributed by atoms with Crippen molar-refractivity contribution in [3.8, 4) is 0 Å². The van der Waals surface area contributed by atoms with E-state index in [0.29, 0.717) is 5.56 Å². The first-order valence-corrected chi connectivity index (χ1v) is 8.41. The van der Waals surface area contributed by atoms with Crippen molar-refractivity contribution in [2.24, 2.45) is 0 Å². The van der Waals surface area contributed by atoms with Crippen LogP contribution in [0.25, 0.3) is 10.2 Å². The van der Waals surface area contributed by atoms with Crippen LogP contribution in [-0.4, -0.2) is 27.9 Å². The Morgan fingerprint density at radius 1 is 1.27 bits per heavy atom. The fraction of sp³-hybridized carbons (Fsp3) is 0.118. The van der Waals surface area contributed by atoms with Gasteiger partial charge in [-0.15, -0.1) is 11.3 Å². The molecule has 1 aromatic heterocycles. The fourth-order valence-corrected chi connectivity index (χ4v) is 2.92. The highest BCUT2D eigenvalue weighted by molar-refractivity contribution is 7.16. The van der Waals surface area contributed by atoms with Gasteiger partial charge in [0.2, 0.25) is 0 Å². The van der Waals surface area contributed by atoms with Crippen LogP contribution in [0, 0.1) is 10.1 Å². The molecule has 3 rings (SSSR count). The number of nitrogens with zero attached hydrogens (tertiary/aromatic N) is 2. The number of thiazole rings is 1. The molecule has 0 saturated heterocycles. The SMILES string of the molecule is C[C@@H](OC(=O)c1ccc2ncsc2c1)C(=O)Nc1cccc([N+](=O)[O-])c1. The monoisotopic (exact) mass is 371 g/mol. The van der Waals surface area contributed by atoms with Crippen LogP contribution in [0.5, 0.6) is 0 Å². The lowest BCUT2D eigenvalue weighted by Crippen LogP contribution is -2.30. The number of nitrogens with one attached hydrogen (secondary N) is 1. The zero-order valence-corrected chi connectivity index (χ0v) is 14.4. The van der Waals surface area contributed by atoms with Crippen molar-refractivity contribution in [1.82, 2.24) is 4.98 Å². The maximum absolute atomic E-state index is 12.2. The van der Waals surface area contributed by atoms with Crippen molar-refractivity contribution >= 4 is 44.8 Å². The van der Waals surface area contributed by atoms with Gasteiger partial charge in [0.05, 0.1) is 26.2 Å². The number of amides is 1. The molecule has 0 spiro atoms. The summed E-state index contributed by atoms with van der Waals surface area (Å²) in [5.41, 5.74) is 2.87. The summed E-state index contributed by atoms with van der Waals surface area (Å²) in [4.78, 5) is 38.7. The minimum Gasteiger partial charge on any atom is -0.449 e. The topological polar surface area (TPSA) is 111 Å². The molecule has 1 amide bonds. The Bertz CT molecular complexity index is 1000. The number of benzene rings is 2. The zero-order valence-electron chi connectivity index (χ0n) is 13.5. The van der Waals surface area contributed by atoms with Crippen molar-refractivity contribution < 1.29 is 19.2 Å². The lowest BCUT2D eigenvalue weighted by atomic mass is 10.2. The van der Waals surface area contributed by atoms with Gasteiger partial charge in [-0.1, -0.05) is 6.07 Å². The predicted molar refractivity (Wildman–Crippen MR) is 96.2 cm³/mol. The highest BCUT2D eigenvalue weighted by atomic mass is 32.1. The van der Waals surface area contributed by atoms with E-state index in [1.165, 1.54) is 42.5 Å². The second-order valence-corrected chi connectivity index (χ2v) is 6.27. The highest BCUT2D eigenvalue weighted by Gasteiger charge is 2.20. The molecule has 8 nitrogen and oxygen atoms in total. The maximum atomic E-state index is 12.2. The second kappa shape index (κ2) is 7.28. The van der Waals surface area contributed by atoms with Crippen LogP contribution in [0.2, 0.25) is 0 Å². The Morgan fingerprint density at radius 3 is 2.85 bits per heavy atom. The molecule has 0 bridgehead atoms. The largest absolute Gasteiger partial charge is 0.449 e. The molecule has 0 unspecified atom stereocenters. The highest BCUT2D eigenvalue weighted by Crippen LogP contribution is 2.20. The fourth-order valence-electron chi connectivity index (χ4n) is 2.21. The molecule has 2 aromatic carbocycles. The van der Waals surface area contributed by atoms with Gasteiger partial charge in [-0.3, -0.25) is 14.9 Å². The molecular formula is C17H13N3O5S. The Hall–Kier alpha value is -3.33. The Kier molecular flexibility index (Phi) is 4.90. The molecule has 0 fully saturated rings. The van der Waals surface area contributed by atoms with Gasteiger partial charge in [-0.2, -0.15) is 0 Å². The Labute approximate surface area is 151 Å². The standard InChI is InChI=1S/C17H13N3O5S/c1-10(16(21)19-12-3-2-4-13(8-12)20(23)24)25-17(22)11-5-6-14-15(7-11)26-9-18-14/h2-10H,1H3,(H,19,21)/t10-/m1/s1. The average Bonchev–Trinajstić information content (AvgIpc) is 3.09. The summed E-state index contributed by atoms with van der Waals surface area (Å²) in [5, 5.41) is 13.3. The number of carbonyl (C=O) groups is 2. The summed E-state index contributed by atoms with van der Waals surface area (Å²) in [6, 6.07) is 10.4. The van der Waals surface area contributed by atoms with E-state index in [2.05, 4.69) is 10.3 Å². The molecule has 1 atom stereocenters. The summed E-state index contributed by atoms with van der Waals surface area (Å²) in [6.45, 7) is 1.43. The first kappa shape index (κ1) is 17.5. The number of carbonyl (C=O) groups excluding carboxylic acids is 2. The zero-order chi connectivity index (χ0) is 18.7. The third-order valence-corrected chi connectivity index (χ3v) is 4.34. The molecule has 0 aliphatic carbocycles. The number of hydrogen-bond donors (Lipinski definition) is 1. The van der Waals surface area contributed by atoms with E-state index in [-0.39, 0.29) is 11.4 Å². The number of nitro groups is 1. The number of esters is 1. The second-order valence-electron chi connectivity index (χ2n) is 5.38. The van der Waals surface area contributed by atoms with E-state index < -0.39 is 22.9 Å². The van der Waals surface area contributed by atoms with Gasteiger partial charge < -0.3 is 10.1 Å². The molecule has 0 aliphatic heterocycles. The Balaban J connectivity index is 1.65. The van der Waals surface area contributed by atoms with Crippen molar-refractivity contribution in [2.45, 2.75) is 13.0 Å². The molecule has 3 aromatic rings. The van der Waals surface area contributed by atoms with Gasteiger partial charge in [0, 0.05) is 17.8 Å². The molecule has 0 saturated carbocycles. The van der Waals surface area contributed by atoms with E-state index in [9.17, 15) is 19.7 Å². The van der Waals surface area contributed by atoms with Gasteiger partial charge in [0.15, 0.2) is 6.10 Å². The molecule has 1 heterocycles. The predicted octanol–water partition coefficient (Wildman–Crippen LogP) is 3.39. The summed E-state index contributed by atoms with van der Waals surface area (Å²) in [5.74, 6) is -1.22. The molecule has 0 aliphatic rings. The number of anilines is 1. The van der Waals surface area contributed by atoms with Gasteiger partial charge in [-0.05, 0) is 31.2 Å². The number of fused-ring (bicyclic) bond motifs is 1. The van der Waals surface area contributed by atoms with Crippen LogP contribution in [0.3, 0.4) is 0 Å². The lowest BCUT2D eigenvalue weighted by molar-refractivity contribution is -0.384. The molecule has 9 heteroatoms. The number of ether oxygens (including phenoxy) is 1. The number of aromatic nitrogens is 1. The van der Waals surface area contributed by atoms with Crippen LogP contribution < -0.4 is 5.32 Å². The van der Waals surface area contributed by atoms with E-state index in [1.54, 1.807) is 23.7 Å². The first-order chi connectivity index (χ1) is 12.4. The first-order valence-electron chi connectivity index (χ1n) is 7.53. The van der Waals surface area contributed by atoms with Crippen LogP contribution >= 0.6 is 11.3 Å². The van der Waals surface area contributed by atoms with Crippen LogP contribution in [0.4, 0.5) is 11.4 Å². The maximum Gasteiger partial charge on any atom is 0.338 e. The van der Waals surface area contributed by atoms with Crippen LogP contribution in [-0.2, 0) is 9.53 Å². The number of non-ortho nitro benzene ring substituents is 1. The van der Waals surface area contributed by atoms with Crippen molar-refractivity contribution in [1.29, 1.82) is 0 Å². The molecule has 132 valence electrons. The normalized spacial score (nSPS) is 11.7. The van der Waals surface area contributed by atoms with E-state index in [1.807, 2.05) is 0 Å². The van der Waals surface area contributed by atoms with Crippen molar-refractivity contribution in [3.05, 3.63) is 63.7 Å². The average molecular weight is 371 g/mol. The smallest absolute Gasteiger partial charge is 0.338 e. The van der Waals surface area contributed by atoms with Gasteiger partial charge in [0.25, 0.3) is 11.6 Å². The third kappa shape index (κ3) is 3.83. The summed E-state index contributed by atoms with van der Waals surface area (Å²) < 4.78 is 6.01. The Morgan fingerprint density at radius 2 is 2.08 bits per heavy atom. The minimum atomic E-state index is -1.07. The lowest BCUT2D eigenvalue weighted by Gasteiger charge is -2.13. The van der Waals surface area contributed by atoms with E-state index in [0.717, 1.165) is 10.2 Å². The van der Waals surface area contributed by atoms with Gasteiger partial charge >= 0.3 is 5.97 Å². The number of rotatable bonds is 5. The molecule has 0 radical (unpaired) electrons. The quantitative estimate of drug-likeness (QED) is 0.418. The third-order valence-electron chi connectivity index (χ3n) is 3.54. The van der Waals surface area contributed by atoms with E-state index >= 15 is 0 Å². The van der Waals surface area contributed by atoms with Crippen LogP contribution in [0.1, 0.15) is 17.3 Å². The van der Waals surface area contributed by atoms with Crippen molar-refractivity contribution in [3.63, 3.8) is 0 Å². The summed E-state index contributed by atoms with van der Waals surface area (Å²) in [6.07, 6.45) is -1.07. The van der Waals surface area contributed by atoms with Gasteiger partial charge in [-0.25, -0.2) is 9.78 Å². The minimum absolute atomic E-state index is 0.148. The van der Waals surface area contributed by atoms with Gasteiger partial charge in [0.1, 0.15) is 0 Å². The molecule has 26 heavy (non-hydrogen) atoms. The van der Waals surface area contributed by atoms with E-state index in [4.69, 9.17) is 4.74 Å². The number of hydrogen-bond acceptors (Lipinski definition) is 7. The molecule has 1 N–H and O–H groups in total. The van der Waals surface area contributed by atoms with Crippen molar-refractivity contribution in [2.75, 3.05) is 5.32 Å². The summed E-state index contributed by atoms with van der Waals surface area (Å²) in [7, 11) is 0. The molecular weight excluding hydrogens is 358 g/mol. The van der Waals surface area contributed by atoms with Crippen LogP contribution in [0.15, 0.2) is 48.0 Å². The summed E-state index contributed by atoms with van der Waals surface area (Å²) >= 11 is 1.40.